The van der Waals surface area contributed by atoms with E-state index in [0.29, 0.717) is 21.3 Å². The molecule has 0 fully saturated rings. The van der Waals surface area contributed by atoms with Crippen LogP contribution in [0.1, 0.15) is 5.56 Å². The second kappa shape index (κ2) is 6.74. The van der Waals surface area contributed by atoms with E-state index in [9.17, 15) is 9.00 Å². The smallest absolute Gasteiger partial charge is 0.237 e. The Bertz CT molecular complexity index is 704. The lowest BCUT2D eigenvalue weighted by atomic mass is 10.2. The fraction of sp³-hybridized carbons (Fsp3) is 0.133. The van der Waals surface area contributed by atoms with Crippen LogP contribution in [0, 0.1) is 6.92 Å². The predicted molar refractivity (Wildman–Crippen MR) is 86.9 cm³/mol. The molecule has 0 aromatic heterocycles. The van der Waals surface area contributed by atoms with Gasteiger partial charge in [-0.25, -0.2) is 0 Å². The van der Waals surface area contributed by atoms with E-state index >= 15 is 0 Å². The zero-order chi connectivity index (χ0) is 15.4. The molecule has 0 saturated carbocycles. The highest BCUT2D eigenvalue weighted by atomic mass is 35.5. The van der Waals surface area contributed by atoms with Crippen LogP contribution in [0.2, 0.25) is 5.02 Å². The van der Waals surface area contributed by atoms with Crippen molar-refractivity contribution < 1.29 is 9.00 Å². The minimum absolute atomic E-state index is 0.143. The number of amides is 1. The van der Waals surface area contributed by atoms with Crippen molar-refractivity contribution >= 4 is 39.7 Å². The molecule has 0 bridgehead atoms. The van der Waals surface area contributed by atoms with Crippen molar-refractivity contribution in [3.63, 3.8) is 0 Å². The quantitative estimate of drug-likeness (QED) is 0.850. The molecule has 0 aliphatic carbocycles. The van der Waals surface area contributed by atoms with Crippen LogP contribution in [0.5, 0.6) is 0 Å². The molecule has 4 nitrogen and oxygen atoms in total. The summed E-state index contributed by atoms with van der Waals surface area (Å²) in [6, 6.07) is 12.1. The number of nitrogen functional groups attached to an aromatic ring is 1. The minimum Gasteiger partial charge on any atom is -0.398 e. The van der Waals surface area contributed by atoms with E-state index in [0.717, 1.165) is 5.56 Å². The molecule has 2 rings (SSSR count). The molecular formula is C15H15ClN2O2S. The number of nitrogens with one attached hydrogen (secondary N) is 1. The lowest BCUT2D eigenvalue weighted by Gasteiger charge is -2.09. The average Bonchev–Trinajstić information content (AvgIpc) is 2.44. The van der Waals surface area contributed by atoms with Gasteiger partial charge in [-0.05, 0) is 36.8 Å². The second-order valence-corrected chi connectivity index (χ2v) is 6.32. The van der Waals surface area contributed by atoms with Crippen LogP contribution in [0.25, 0.3) is 0 Å². The van der Waals surface area contributed by atoms with Crippen LogP contribution in [0.3, 0.4) is 0 Å². The number of hydrogen-bond acceptors (Lipinski definition) is 3. The van der Waals surface area contributed by atoms with Gasteiger partial charge in [-0.15, -0.1) is 0 Å². The van der Waals surface area contributed by atoms with Crippen molar-refractivity contribution in [2.45, 2.75) is 11.8 Å². The molecule has 110 valence electrons. The van der Waals surface area contributed by atoms with Crippen LogP contribution >= 0.6 is 11.6 Å². The van der Waals surface area contributed by atoms with Crippen LogP contribution < -0.4 is 11.1 Å². The van der Waals surface area contributed by atoms with Gasteiger partial charge in [0.05, 0.1) is 21.5 Å². The van der Waals surface area contributed by atoms with E-state index in [4.69, 9.17) is 17.3 Å². The third-order valence-corrected chi connectivity index (χ3v) is 4.77. The first-order chi connectivity index (χ1) is 9.99. The molecule has 0 spiro atoms. The van der Waals surface area contributed by atoms with Gasteiger partial charge in [-0.2, -0.15) is 0 Å². The molecular weight excluding hydrogens is 308 g/mol. The first-order valence-electron chi connectivity index (χ1n) is 6.27. The average molecular weight is 323 g/mol. The zero-order valence-corrected chi connectivity index (χ0v) is 13.0. The predicted octanol–water partition coefficient (Wildman–Crippen LogP) is 2.98. The van der Waals surface area contributed by atoms with E-state index in [1.54, 1.807) is 49.4 Å². The highest BCUT2D eigenvalue weighted by Gasteiger charge is 2.14. The first-order valence-corrected chi connectivity index (χ1v) is 7.96. The number of rotatable bonds is 4. The molecule has 3 N–H and O–H groups in total. The van der Waals surface area contributed by atoms with Crippen molar-refractivity contribution in [2.75, 3.05) is 16.8 Å². The summed E-state index contributed by atoms with van der Waals surface area (Å²) >= 11 is 5.96. The van der Waals surface area contributed by atoms with Crippen LogP contribution in [-0.2, 0) is 15.6 Å². The summed E-state index contributed by atoms with van der Waals surface area (Å²) in [5, 5.41) is 3.09. The Kier molecular flexibility index (Phi) is 4.98. The highest BCUT2D eigenvalue weighted by Crippen LogP contribution is 2.22. The Morgan fingerprint density at radius 3 is 2.67 bits per heavy atom. The molecule has 6 heteroatoms. The normalized spacial score (nSPS) is 11.9. The lowest BCUT2D eigenvalue weighted by Crippen LogP contribution is -2.20. The number of nitrogens with two attached hydrogens (primary N) is 1. The lowest BCUT2D eigenvalue weighted by molar-refractivity contribution is -0.113. The SMILES string of the molecule is Cc1c(N)cccc1S(=O)CC(=O)Nc1ccccc1Cl. The van der Waals surface area contributed by atoms with Crippen LogP contribution in [0.4, 0.5) is 11.4 Å². The molecule has 2 aromatic rings. The number of hydrogen-bond donors (Lipinski definition) is 2. The van der Waals surface area contributed by atoms with Crippen molar-refractivity contribution in [3.05, 3.63) is 53.1 Å². The Morgan fingerprint density at radius 2 is 1.95 bits per heavy atom. The van der Waals surface area contributed by atoms with Gasteiger partial charge in [-0.1, -0.05) is 29.8 Å². The fourth-order valence-electron chi connectivity index (χ4n) is 1.82. The summed E-state index contributed by atoms with van der Waals surface area (Å²) in [6.45, 7) is 1.79. The van der Waals surface area contributed by atoms with Gasteiger partial charge >= 0.3 is 0 Å². The number of carbonyl (C=O) groups excluding carboxylic acids is 1. The maximum atomic E-state index is 12.3. The number of halogens is 1. The highest BCUT2D eigenvalue weighted by molar-refractivity contribution is 7.85. The molecule has 0 radical (unpaired) electrons. The molecule has 1 amide bonds. The molecule has 0 heterocycles. The van der Waals surface area contributed by atoms with Gasteiger partial charge in [0.2, 0.25) is 5.91 Å². The first kappa shape index (κ1) is 15.5. The zero-order valence-electron chi connectivity index (χ0n) is 11.4. The summed E-state index contributed by atoms with van der Waals surface area (Å²) in [4.78, 5) is 12.5. The van der Waals surface area contributed by atoms with Crippen molar-refractivity contribution in [1.82, 2.24) is 0 Å². The number of carbonyl (C=O) groups is 1. The van der Waals surface area contributed by atoms with Gasteiger partial charge in [-0.3, -0.25) is 9.00 Å². The minimum atomic E-state index is -1.45. The monoisotopic (exact) mass is 322 g/mol. The van der Waals surface area contributed by atoms with Gasteiger partial charge in [0.15, 0.2) is 0 Å². The Balaban J connectivity index is 2.08. The molecule has 0 aliphatic rings. The largest absolute Gasteiger partial charge is 0.398 e. The summed E-state index contributed by atoms with van der Waals surface area (Å²) in [7, 11) is -1.45. The Hall–Kier alpha value is -1.85. The number of anilines is 2. The van der Waals surface area contributed by atoms with E-state index in [1.807, 2.05) is 0 Å². The van der Waals surface area contributed by atoms with Crippen molar-refractivity contribution in [3.8, 4) is 0 Å². The fourth-order valence-corrected chi connectivity index (χ4v) is 3.16. The van der Waals surface area contributed by atoms with Gasteiger partial charge in [0.1, 0.15) is 5.75 Å². The number of para-hydroxylation sites is 1. The standard InChI is InChI=1S/C15H15ClN2O2S/c1-10-12(17)6-4-8-14(10)21(20)9-15(19)18-13-7-3-2-5-11(13)16/h2-8H,9,17H2,1H3,(H,18,19). The maximum absolute atomic E-state index is 12.3. The summed E-state index contributed by atoms with van der Waals surface area (Å²) in [5.41, 5.74) is 7.59. The topological polar surface area (TPSA) is 72.2 Å². The molecule has 2 aromatic carbocycles. The molecule has 0 aliphatic heterocycles. The van der Waals surface area contributed by atoms with Gasteiger partial charge < -0.3 is 11.1 Å². The third kappa shape index (κ3) is 3.83. The van der Waals surface area contributed by atoms with E-state index in [1.165, 1.54) is 0 Å². The second-order valence-electron chi connectivity index (χ2n) is 4.49. The third-order valence-electron chi connectivity index (χ3n) is 2.98. The Morgan fingerprint density at radius 1 is 1.24 bits per heavy atom. The van der Waals surface area contributed by atoms with E-state index in [2.05, 4.69) is 5.32 Å². The summed E-state index contributed by atoms with van der Waals surface area (Å²) in [6.07, 6.45) is 0. The van der Waals surface area contributed by atoms with Gasteiger partial charge in [0, 0.05) is 10.6 Å². The summed E-state index contributed by atoms with van der Waals surface area (Å²) in [5.74, 6) is -0.501. The van der Waals surface area contributed by atoms with Crippen LogP contribution in [-0.4, -0.2) is 15.9 Å². The van der Waals surface area contributed by atoms with Gasteiger partial charge in [0.25, 0.3) is 0 Å². The maximum Gasteiger partial charge on any atom is 0.237 e. The van der Waals surface area contributed by atoms with Crippen LogP contribution in [0.15, 0.2) is 47.4 Å². The molecule has 0 saturated heterocycles. The summed E-state index contributed by atoms with van der Waals surface area (Å²) < 4.78 is 12.3. The van der Waals surface area contributed by atoms with E-state index < -0.39 is 10.8 Å². The van der Waals surface area contributed by atoms with E-state index in [-0.39, 0.29) is 11.7 Å². The number of benzene rings is 2. The molecule has 21 heavy (non-hydrogen) atoms. The Labute approximate surface area is 130 Å². The molecule has 1 atom stereocenters. The van der Waals surface area contributed by atoms with Crippen molar-refractivity contribution in [2.24, 2.45) is 0 Å². The van der Waals surface area contributed by atoms with Crippen molar-refractivity contribution in [1.29, 1.82) is 0 Å². The molecule has 1 unspecified atom stereocenters.